The molecule has 0 unspecified atom stereocenters. The molecule has 0 amide bonds. The first-order valence-corrected chi connectivity index (χ1v) is 10.1. The molecule has 0 aliphatic heterocycles. The van der Waals surface area contributed by atoms with Crippen molar-refractivity contribution < 1.29 is 14.2 Å². The molecule has 1 heterocycles. The summed E-state index contributed by atoms with van der Waals surface area (Å²) in [6.45, 7) is 14.3. The Hall–Kier alpha value is -2.21. The van der Waals surface area contributed by atoms with Gasteiger partial charge in [0, 0.05) is 12.5 Å². The summed E-state index contributed by atoms with van der Waals surface area (Å²) in [4.78, 5) is 13.1. The molecule has 1 aromatic carbocycles. The average molecular weight is 388 g/mol. The lowest BCUT2D eigenvalue weighted by Crippen LogP contribution is -2.12. The Morgan fingerprint density at radius 2 is 1.43 bits per heavy atom. The molecule has 1 aromatic heterocycles. The molecule has 6 nitrogen and oxygen atoms in total. The van der Waals surface area contributed by atoms with Gasteiger partial charge in [0.15, 0.2) is 0 Å². The SMILES string of the molecule is CC(C)CCOCCOc1nc(Oc2ccc(C(C)C)cc2)nc(C(C)C)n1. The maximum atomic E-state index is 5.84. The van der Waals surface area contributed by atoms with Gasteiger partial charge >= 0.3 is 12.0 Å². The minimum Gasteiger partial charge on any atom is -0.461 e. The number of aromatic nitrogens is 3. The smallest absolute Gasteiger partial charge is 0.328 e. The molecule has 2 rings (SSSR count). The Kier molecular flexibility index (Phi) is 8.64. The number of nitrogens with zero attached hydrogens (tertiary/aromatic N) is 3. The van der Waals surface area contributed by atoms with Crippen molar-refractivity contribution >= 4 is 0 Å². The van der Waals surface area contributed by atoms with E-state index in [-0.39, 0.29) is 17.9 Å². The molecule has 2 aromatic rings. The third-order valence-electron chi connectivity index (χ3n) is 4.18. The molecule has 0 N–H and O–H groups in total. The van der Waals surface area contributed by atoms with Crippen LogP contribution in [0.2, 0.25) is 0 Å². The van der Waals surface area contributed by atoms with Crippen molar-refractivity contribution in [3.8, 4) is 17.8 Å². The zero-order valence-electron chi connectivity index (χ0n) is 17.9. The monoisotopic (exact) mass is 387 g/mol. The summed E-state index contributed by atoms with van der Waals surface area (Å²) in [5.74, 6) is 2.57. The van der Waals surface area contributed by atoms with Crippen LogP contribution in [-0.2, 0) is 4.74 Å². The topological polar surface area (TPSA) is 66.4 Å². The van der Waals surface area contributed by atoms with Crippen LogP contribution in [0, 0.1) is 5.92 Å². The predicted octanol–water partition coefficient (Wildman–Crippen LogP) is 5.35. The highest BCUT2D eigenvalue weighted by molar-refractivity contribution is 5.30. The molecule has 0 spiro atoms. The Morgan fingerprint density at radius 3 is 2.04 bits per heavy atom. The second-order valence-corrected chi connectivity index (χ2v) is 7.88. The van der Waals surface area contributed by atoms with Crippen LogP contribution in [0.3, 0.4) is 0 Å². The summed E-state index contributed by atoms with van der Waals surface area (Å²) >= 11 is 0. The second kappa shape index (κ2) is 11.0. The minimum atomic E-state index is 0.137. The Balaban J connectivity index is 1.99. The van der Waals surface area contributed by atoms with Gasteiger partial charge in [-0.3, -0.25) is 0 Å². The van der Waals surface area contributed by atoms with Crippen molar-refractivity contribution in [3.05, 3.63) is 35.7 Å². The van der Waals surface area contributed by atoms with Gasteiger partial charge in [-0.15, -0.1) is 4.98 Å². The van der Waals surface area contributed by atoms with Gasteiger partial charge in [0.05, 0.1) is 6.61 Å². The van der Waals surface area contributed by atoms with E-state index in [0.29, 0.717) is 36.6 Å². The minimum absolute atomic E-state index is 0.137. The number of rotatable bonds is 11. The first-order valence-electron chi connectivity index (χ1n) is 10.1. The van der Waals surface area contributed by atoms with E-state index in [0.717, 1.165) is 13.0 Å². The fourth-order valence-corrected chi connectivity index (χ4v) is 2.36. The summed E-state index contributed by atoms with van der Waals surface area (Å²) in [6, 6.07) is 8.47. The fourth-order valence-electron chi connectivity index (χ4n) is 2.36. The standard InChI is InChI=1S/C22H33N3O3/c1-15(2)11-12-26-13-14-27-21-23-20(17(5)6)24-22(25-21)28-19-9-7-18(8-10-19)16(3)4/h7-10,15-17H,11-14H2,1-6H3. The number of benzene rings is 1. The van der Waals surface area contributed by atoms with Crippen LogP contribution in [0.25, 0.3) is 0 Å². The number of hydrogen-bond acceptors (Lipinski definition) is 6. The van der Waals surface area contributed by atoms with E-state index < -0.39 is 0 Å². The number of ether oxygens (including phenoxy) is 3. The van der Waals surface area contributed by atoms with Crippen LogP contribution in [0.4, 0.5) is 0 Å². The van der Waals surface area contributed by atoms with Crippen molar-refractivity contribution in [2.45, 2.75) is 59.8 Å². The quantitative estimate of drug-likeness (QED) is 0.484. The molecule has 0 saturated heterocycles. The molecule has 0 aliphatic rings. The number of hydrogen-bond donors (Lipinski definition) is 0. The van der Waals surface area contributed by atoms with Gasteiger partial charge in [0.1, 0.15) is 18.2 Å². The molecule has 0 saturated carbocycles. The van der Waals surface area contributed by atoms with Crippen LogP contribution < -0.4 is 9.47 Å². The van der Waals surface area contributed by atoms with Gasteiger partial charge in [-0.05, 0) is 36.0 Å². The van der Waals surface area contributed by atoms with Gasteiger partial charge in [-0.1, -0.05) is 53.7 Å². The normalized spacial score (nSPS) is 11.5. The molecular weight excluding hydrogens is 354 g/mol. The van der Waals surface area contributed by atoms with E-state index in [1.165, 1.54) is 5.56 Å². The molecule has 28 heavy (non-hydrogen) atoms. The van der Waals surface area contributed by atoms with Crippen LogP contribution in [0.5, 0.6) is 17.8 Å². The second-order valence-electron chi connectivity index (χ2n) is 7.88. The molecule has 0 radical (unpaired) electrons. The fraction of sp³-hybridized carbons (Fsp3) is 0.591. The molecule has 0 bridgehead atoms. The van der Waals surface area contributed by atoms with Crippen molar-refractivity contribution in [1.29, 1.82) is 0 Å². The molecule has 154 valence electrons. The van der Waals surface area contributed by atoms with Gasteiger partial charge in [0.2, 0.25) is 0 Å². The van der Waals surface area contributed by atoms with E-state index in [9.17, 15) is 0 Å². The summed E-state index contributed by atoms with van der Waals surface area (Å²) in [7, 11) is 0. The summed E-state index contributed by atoms with van der Waals surface area (Å²) in [6.07, 6.45) is 1.04. The largest absolute Gasteiger partial charge is 0.461 e. The summed E-state index contributed by atoms with van der Waals surface area (Å²) in [5.41, 5.74) is 1.26. The van der Waals surface area contributed by atoms with Gasteiger partial charge in [0.25, 0.3) is 0 Å². The van der Waals surface area contributed by atoms with Gasteiger partial charge in [-0.25, -0.2) is 0 Å². The molecular formula is C22H33N3O3. The van der Waals surface area contributed by atoms with Crippen molar-refractivity contribution in [2.75, 3.05) is 19.8 Å². The molecule has 0 fully saturated rings. The zero-order chi connectivity index (χ0) is 20.5. The van der Waals surface area contributed by atoms with Gasteiger partial charge in [-0.2, -0.15) is 9.97 Å². The molecule has 6 heteroatoms. The van der Waals surface area contributed by atoms with Crippen LogP contribution in [0.15, 0.2) is 24.3 Å². The first-order chi connectivity index (χ1) is 13.3. The molecule has 0 aliphatic carbocycles. The maximum absolute atomic E-state index is 5.84. The highest BCUT2D eigenvalue weighted by Crippen LogP contribution is 2.24. The lowest BCUT2D eigenvalue weighted by atomic mass is 10.0. The van der Waals surface area contributed by atoms with Crippen molar-refractivity contribution in [2.24, 2.45) is 5.92 Å². The Bertz CT molecular complexity index is 715. The Labute approximate surface area is 168 Å². The van der Waals surface area contributed by atoms with Gasteiger partial charge < -0.3 is 14.2 Å². The summed E-state index contributed by atoms with van der Waals surface area (Å²) in [5, 5.41) is 0. The third kappa shape index (κ3) is 7.43. The van der Waals surface area contributed by atoms with Crippen LogP contribution in [-0.4, -0.2) is 34.8 Å². The first kappa shape index (κ1) is 22.1. The third-order valence-corrected chi connectivity index (χ3v) is 4.18. The average Bonchev–Trinajstić information content (AvgIpc) is 2.64. The highest BCUT2D eigenvalue weighted by atomic mass is 16.5. The Morgan fingerprint density at radius 1 is 0.750 bits per heavy atom. The van der Waals surface area contributed by atoms with Crippen LogP contribution >= 0.6 is 0 Å². The summed E-state index contributed by atoms with van der Waals surface area (Å²) < 4.78 is 17.1. The van der Waals surface area contributed by atoms with Crippen molar-refractivity contribution in [1.82, 2.24) is 15.0 Å². The van der Waals surface area contributed by atoms with E-state index in [4.69, 9.17) is 14.2 Å². The van der Waals surface area contributed by atoms with E-state index in [1.807, 2.05) is 26.0 Å². The molecule has 0 atom stereocenters. The highest BCUT2D eigenvalue weighted by Gasteiger charge is 2.13. The zero-order valence-corrected chi connectivity index (χ0v) is 17.9. The van der Waals surface area contributed by atoms with Crippen molar-refractivity contribution in [3.63, 3.8) is 0 Å². The van der Waals surface area contributed by atoms with E-state index in [1.54, 1.807) is 0 Å². The maximum Gasteiger partial charge on any atom is 0.328 e. The lowest BCUT2D eigenvalue weighted by molar-refractivity contribution is 0.0890. The van der Waals surface area contributed by atoms with E-state index in [2.05, 4.69) is 54.8 Å². The van der Waals surface area contributed by atoms with Crippen LogP contribution in [0.1, 0.15) is 71.2 Å². The van der Waals surface area contributed by atoms with E-state index >= 15 is 0 Å². The predicted molar refractivity (Wildman–Crippen MR) is 110 cm³/mol. The lowest BCUT2D eigenvalue weighted by Gasteiger charge is -2.11.